The minimum atomic E-state index is -0.412. The number of nitrogens with one attached hydrogen (secondary N) is 1. The molecule has 26 heavy (non-hydrogen) atoms. The van der Waals surface area contributed by atoms with E-state index in [2.05, 4.69) is 5.32 Å². The molecule has 1 aliphatic heterocycles. The van der Waals surface area contributed by atoms with Crippen molar-refractivity contribution < 1.29 is 13.9 Å². The molecule has 1 N–H and O–H groups in total. The van der Waals surface area contributed by atoms with Gasteiger partial charge in [-0.25, -0.2) is 0 Å². The van der Waals surface area contributed by atoms with Crippen LogP contribution in [-0.4, -0.2) is 18.6 Å². The zero-order valence-electron chi connectivity index (χ0n) is 14.5. The Balaban J connectivity index is 1.68. The third-order valence-corrected chi connectivity index (χ3v) is 4.63. The highest BCUT2D eigenvalue weighted by Gasteiger charge is 2.23. The minimum absolute atomic E-state index is 0.141. The minimum Gasteiger partial charge on any atom is -0.456 e. The molecule has 0 radical (unpaired) electrons. The second-order valence-corrected chi connectivity index (χ2v) is 6.49. The maximum absolute atomic E-state index is 12.6. The first-order chi connectivity index (χ1) is 12.6. The highest BCUT2D eigenvalue weighted by Crippen LogP contribution is 2.26. The van der Waals surface area contributed by atoms with Gasteiger partial charge >= 0.3 is 0 Å². The fourth-order valence-electron chi connectivity index (χ4n) is 3.22. The van der Waals surface area contributed by atoms with E-state index in [4.69, 9.17) is 9.15 Å². The van der Waals surface area contributed by atoms with Gasteiger partial charge in [-0.3, -0.25) is 9.59 Å². The number of hydrogen-bond acceptors (Lipinski definition) is 4. The topological polar surface area (TPSA) is 68.5 Å². The van der Waals surface area contributed by atoms with E-state index >= 15 is 0 Å². The summed E-state index contributed by atoms with van der Waals surface area (Å²) in [5.41, 5.74) is 2.84. The number of amides is 1. The van der Waals surface area contributed by atoms with Crippen LogP contribution < -0.4 is 10.7 Å². The molecule has 1 atom stereocenters. The summed E-state index contributed by atoms with van der Waals surface area (Å²) in [6.07, 6.45) is 1.20. The Labute approximate surface area is 150 Å². The maximum Gasteiger partial charge on any atom is 0.253 e. The largest absolute Gasteiger partial charge is 0.456 e. The normalized spacial score (nSPS) is 16.7. The van der Waals surface area contributed by atoms with E-state index in [0.29, 0.717) is 29.0 Å². The van der Waals surface area contributed by atoms with Crippen molar-refractivity contribution in [3.63, 3.8) is 0 Å². The number of benzene rings is 2. The number of carbonyl (C=O) groups excluding carboxylic acids is 1. The monoisotopic (exact) mass is 349 g/mol. The van der Waals surface area contributed by atoms with E-state index < -0.39 is 6.10 Å². The van der Waals surface area contributed by atoms with Crippen molar-refractivity contribution in [2.24, 2.45) is 0 Å². The molecule has 5 heteroatoms. The lowest BCUT2D eigenvalue weighted by Crippen LogP contribution is -2.26. The summed E-state index contributed by atoms with van der Waals surface area (Å²) in [5.74, 6) is 0.361. The van der Waals surface area contributed by atoms with E-state index in [9.17, 15) is 9.59 Å². The number of rotatable bonds is 3. The molecule has 3 aromatic rings. The van der Waals surface area contributed by atoms with Gasteiger partial charge in [0, 0.05) is 23.9 Å². The molecule has 2 aromatic carbocycles. The predicted octanol–water partition coefficient (Wildman–Crippen LogP) is 3.89. The summed E-state index contributed by atoms with van der Waals surface area (Å²) in [5, 5.41) is 3.25. The zero-order chi connectivity index (χ0) is 18.1. The number of carbonyl (C=O) groups is 1. The van der Waals surface area contributed by atoms with Gasteiger partial charge < -0.3 is 14.5 Å². The van der Waals surface area contributed by atoms with E-state index in [1.807, 2.05) is 31.2 Å². The molecule has 0 spiro atoms. The van der Waals surface area contributed by atoms with Gasteiger partial charge in [-0.1, -0.05) is 24.3 Å². The van der Waals surface area contributed by atoms with Crippen LogP contribution in [-0.2, 0) is 9.53 Å². The molecule has 1 unspecified atom stereocenters. The number of aryl methyl sites for hydroxylation is 1. The average Bonchev–Trinajstić information content (AvgIpc) is 3.17. The summed E-state index contributed by atoms with van der Waals surface area (Å²) < 4.78 is 11.3. The summed E-state index contributed by atoms with van der Waals surface area (Å²) in [4.78, 5) is 24.8. The van der Waals surface area contributed by atoms with Crippen molar-refractivity contribution in [3.05, 3.63) is 64.3 Å². The Hall–Kier alpha value is -2.92. The molecule has 0 bridgehead atoms. The molecular weight excluding hydrogens is 330 g/mol. The predicted molar refractivity (Wildman–Crippen MR) is 100 cm³/mol. The lowest BCUT2D eigenvalue weighted by molar-refractivity contribution is -0.124. The molecule has 1 saturated heterocycles. The first kappa shape index (κ1) is 16.5. The first-order valence-electron chi connectivity index (χ1n) is 8.68. The molecule has 5 nitrogen and oxygen atoms in total. The second-order valence-electron chi connectivity index (χ2n) is 6.49. The highest BCUT2D eigenvalue weighted by atomic mass is 16.5. The van der Waals surface area contributed by atoms with Gasteiger partial charge in [0.15, 0.2) is 5.43 Å². The van der Waals surface area contributed by atoms with E-state index in [1.165, 1.54) is 6.07 Å². The van der Waals surface area contributed by atoms with E-state index in [0.717, 1.165) is 24.0 Å². The molecule has 0 saturated carbocycles. The van der Waals surface area contributed by atoms with Crippen molar-refractivity contribution >= 4 is 22.6 Å². The van der Waals surface area contributed by atoms with Gasteiger partial charge in [0.05, 0.1) is 5.39 Å². The Morgan fingerprint density at radius 2 is 2.00 bits per heavy atom. The van der Waals surface area contributed by atoms with Crippen LogP contribution in [0.1, 0.15) is 18.4 Å². The Morgan fingerprint density at radius 3 is 2.77 bits per heavy atom. The van der Waals surface area contributed by atoms with Gasteiger partial charge in [0.25, 0.3) is 5.91 Å². The van der Waals surface area contributed by atoms with Crippen molar-refractivity contribution in [2.75, 3.05) is 11.9 Å². The quantitative estimate of drug-likeness (QED) is 0.779. The summed E-state index contributed by atoms with van der Waals surface area (Å²) >= 11 is 0. The first-order valence-corrected chi connectivity index (χ1v) is 8.68. The molecule has 0 aliphatic carbocycles. The highest BCUT2D eigenvalue weighted by molar-refractivity contribution is 5.96. The van der Waals surface area contributed by atoms with Crippen molar-refractivity contribution in [3.8, 4) is 11.3 Å². The van der Waals surface area contributed by atoms with Gasteiger partial charge in [-0.15, -0.1) is 0 Å². The third-order valence-electron chi connectivity index (χ3n) is 4.63. The van der Waals surface area contributed by atoms with Crippen LogP contribution in [0.15, 0.2) is 57.7 Å². The molecule has 4 rings (SSSR count). The Morgan fingerprint density at radius 1 is 1.15 bits per heavy atom. The Bertz CT molecular complexity index is 1030. The summed E-state index contributed by atoms with van der Waals surface area (Å²) in [6.45, 7) is 2.59. The smallest absolute Gasteiger partial charge is 0.253 e. The molecule has 1 fully saturated rings. The summed E-state index contributed by atoms with van der Waals surface area (Å²) in [7, 11) is 0. The maximum atomic E-state index is 12.6. The number of anilines is 1. The van der Waals surface area contributed by atoms with Crippen LogP contribution in [0.2, 0.25) is 0 Å². The van der Waals surface area contributed by atoms with E-state index in [-0.39, 0.29) is 11.3 Å². The average molecular weight is 349 g/mol. The lowest BCUT2D eigenvalue weighted by Gasteiger charge is -2.11. The fourth-order valence-corrected chi connectivity index (χ4v) is 3.22. The van der Waals surface area contributed by atoms with Crippen LogP contribution >= 0.6 is 0 Å². The standard InChI is InChI=1S/C21H19NO4/c1-13-5-2-3-6-15(13)20-12-17(23)16-11-14(8-9-18(16)26-20)22-21(24)19-7-4-10-25-19/h2-3,5-6,8-9,11-12,19H,4,7,10H2,1H3,(H,22,24). The van der Waals surface area contributed by atoms with Crippen LogP contribution in [0.4, 0.5) is 5.69 Å². The molecule has 1 amide bonds. The van der Waals surface area contributed by atoms with Crippen LogP contribution in [0.5, 0.6) is 0 Å². The molecule has 132 valence electrons. The van der Waals surface area contributed by atoms with Crippen LogP contribution in [0, 0.1) is 6.92 Å². The SMILES string of the molecule is Cc1ccccc1-c1cc(=O)c2cc(NC(=O)C3CCCO3)ccc2o1. The number of ether oxygens (including phenoxy) is 1. The molecule has 1 aromatic heterocycles. The zero-order valence-corrected chi connectivity index (χ0v) is 14.5. The number of fused-ring (bicyclic) bond motifs is 1. The van der Waals surface area contributed by atoms with Crippen molar-refractivity contribution in [1.29, 1.82) is 0 Å². The number of hydrogen-bond donors (Lipinski definition) is 1. The van der Waals surface area contributed by atoms with E-state index in [1.54, 1.807) is 18.2 Å². The molecular formula is C21H19NO4. The third kappa shape index (κ3) is 3.13. The van der Waals surface area contributed by atoms with Crippen molar-refractivity contribution in [2.45, 2.75) is 25.9 Å². The van der Waals surface area contributed by atoms with Crippen molar-refractivity contribution in [1.82, 2.24) is 0 Å². The van der Waals surface area contributed by atoms with Crippen LogP contribution in [0.3, 0.4) is 0 Å². The second kappa shape index (κ2) is 6.77. The molecule has 2 heterocycles. The van der Waals surface area contributed by atoms with Gasteiger partial charge in [-0.05, 0) is 43.5 Å². The fraction of sp³-hybridized carbons (Fsp3) is 0.238. The molecule has 1 aliphatic rings. The van der Waals surface area contributed by atoms with Gasteiger partial charge in [0.1, 0.15) is 17.4 Å². The van der Waals surface area contributed by atoms with Gasteiger partial charge in [0.2, 0.25) is 0 Å². The lowest BCUT2D eigenvalue weighted by atomic mass is 10.1. The van der Waals surface area contributed by atoms with Gasteiger partial charge in [-0.2, -0.15) is 0 Å². The summed E-state index contributed by atoms with van der Waals surface area (Å²) in [6, 6.07) is 14.4. The van der Waals surface area contributed by atoms with Crippen LogP contribution in [0.25, 0.3) is 22.3 Å². The Kier molecular flexibility index (Phi) is 4.31.